The largest absolute Gasteiger partial charge is 0.478 e. The van der Waals surface area contributed by atoms with Crippen molar-refractivity contribution >= 4 is 29.6 Å². The Morgan fingerprint density at radius 2 is 1.42 bits per heavy atom. The number of hydrogen-bond acceptors (Lipinski definition) is 8. The molecule has 2 aromatic carbocycles. The maximum Gasteiger partial charge on any atom is 0.342 e. The minimum Gasteiger partial charge on any atom is -0.478 e. The number of aromatic carboxylic acids is 2. The van der Waals surface area contributed by atoms with E-state index in [4.69, 9.17) is 9.47 Å². The molecule has 2 N–H and O–H groups in total. The van der Waals surface area contributed by atoms with E-state index < -0.39 is 51.9 Å². The number of ether oxygens (including phenoxy) is 2. The minimum absolute atomic E-state index is 0.0535. The molecule has 0 amide bonds. The van der Waals surface area contributed by atoms with Gasteiger partial charge in [-0.1, -0.05) is 31.9 Å². The van der Waals surface area contributed by atoms with Gasteiger partial charge in [0.05, 0.1) is 27.2 Å². The van der Waals surface area contributed by atoms with E-state index in [2.05, 4.69) is 0 Å². The van der Waals surface area contributed by atoms with Gasteiger partial charge in [0.1, 0.15) is 0 Å². The van der Waals surface area contributed by atoms with E-state index in [1.807, 2.05) is 6.92 Å². The van der Waals surface area contributed by atoms with Crippen molar-refractivity contribution in [3.8, 4) is 0 Å². The first-order valence-corrected chi connectivity index (χ1v) is 9.91. The fourth-order valence-corrected chi connectivity index (χ4v) is 2.92. The van der Waals surface area contributed by atoms with Crippen LogP contribution in [0.2, 0.25) is 0 Å². The molecule has 33 heavy (non-hydrogen) atoms. The van der Waals surface area contributed by atoms with Crippen molar-refractivity contribution in [2.75, 3.05) is 0 Å². The van der Waals surface area contributed by atoms with Gasteiger partial charge in [-0.05, 0) is 24.6 Å². The smallest absolute Gasteiger partial charge is 0.342 e. The number of carbonyl (C=O) groups excluding carboxylic acids is 2. The third-order valence-corrected chi connectivity index (χ3v) is 4.56. The highest BCUT2D eigenvalue weighted by molar-refractivity contribution is 6.04. The van der Waals surface area contributed by atoms with E-state index in [9.17, 15) is 39.5 Å². The fraction of sp³-hybridized carbons (Fsp3) is 0.273. The van der Waals surface area contributed by atoms with Crippen LogP contribution in [-0.2, 0) is 9.47 Å². The van der Waals surface area contributed by atoms with Crippen LogP contribution in [0.25, 0.3) is 0 Å². The molecule has 0 bridgehead atoms. The summed E-state index contributed by atoms with van der Waals surface area (Å²) in [5, 5.41) is 29.6. The highest BCUT2D eigenvalue weighted by Gasteiger charge is 2.27. The van der Waals surface area contributed by atoms with Crippen LogP contribution in [0.15, 0.2) is 42.5 Å². The molecule has 0 aliphatic carbocycles. The van der Waals surface area contributed by atoms with Crippen molar-refractivity contribution in [3.05, 3.63) is 74.8 Å². The van der Waals surface area contributed by atoms with Gasteiger partial charge in [0.15, 0.2) is 0 Å². The second-order valence-electron chi connectivity index (χ2n) is 6.88. The molecule has 0 saturated heterocycles. The molecule has 11 nitrogen and oxygen atoms in total. The molecule has 0 aliphatic rings. The summed E-state index contributed by atoms with van der Waals surface area (Å²) in [7, 11) is 0. The van der Waals surface area contributed by atoms with Gasteiger partial charge >= 0.3 is 23.9 Å². The summed E-state index contributed by atoms with van der Waals surface area (Å²) in [6, 6.07) is 7.90. The number of benzene rings is 2. The van der Waals surface area contributed by atoms with E-state index in [0.29, 0.717) is 12.8 Å². The summed E-state index contributed by atoms with van der Waals surface area (Å²) in [5.74, 6) is -5.16. The molecule has 1 atom stereocenters. The number of nitro groups is 1. The van der Waals surface area contributed by atoms with Gasteiger partial charge in [-0.3, -0.25) is 10.1 Å². The minimum atomic E-state index is -1.51. The van der Waals surface area contributed by atoms with Crippen LogP contribution in [0.5, 0.6) is 0 Å². The summed E-state index contributed by atoms with van der Waals surface area (Å²) in [4.78, 5) is 58.3. The number of rotatable bonds is 11. The second-order valence-corrected chi connectivity index (χ2v) is 6.88. The lowest BCUT2D eigenvalue weighted by atomic mass is 10.1. The molecule has 0 fully saturated rings. The molecule has 2 rings (SSSR count). The van der Waals surface area contributed by atoms with Crippen LogP contribution >= 0.6 is 0 Å². The van der Waals surface area contributed by atoms with E-state index in [1.54, 1.807) is 0 Å². The molecule has 11 heteroatoms. The van der Waals surface area contributed by atoms with E-state index >= 15 is 0 Å². The maximum absolute atomic E-state index is 12.7. The summed E-state index contributed by atoms with van der Waals surface area (Å²) in [6.45, 7) is 1.92. The number of unbranched alkanes of at least 4 members (excludes halogenated alkanes) is 2. The summed E-state index contributed by atoms with van der Waals surface area (Å²) in [5.41, 5.74) is -2.21. The average Bonchev–Trinajstić information content (AvgIpc) is 2.78. The first-order chi connectivity index (χ1) is 15.6. The molecule has 0 radical (unpaired) electrons. The number of nitro benzene ring substituents is 1. The van der Waals surface area contributed by atoms with Crippen LogP contribution in [0, 0.1) is 10.1 Å². The van der Waals surface area contributed by atoms with E-state index in [-0.39, 0.29) is 17.5 Å². The molecule has 0 aromatic heterocycles. The molecular formula is C22H21NO10. The zero-order valence-electron chi connectivity index (χ0n) is 17.6. The number of nitrogens with zero attached hydrogens (tertiary/aromatic N) is 1. The number of carboxylic acid groups (broad SMARTS) is 2. The van der Waals surface area contributed by atoms with E-state index in [1.165, 1.54) is 24.3 Å². The molecule has 2 aromatic rings. The zero-order chi connectivity index (χ0) is 24.5. The Balaban J connectivity index is 2.32. The maximum atomic E-state index is 12.7. The lowest BCUT2D eigenvalue weighted by molar-refractivity contribution is -0.384. The topological polar surface area (TPSA) is 170 Å². The SMILES string of the molecule is CCCCCC(OC(=O)c1ccccc1C(=O)O)OC(=O)c1cc([N+](=O)[O-])ccc1C(=O)O. The van der Waals surface area contributed by atoms with Crippen molar-refractivity contribution in [2.24, 2.45) is 0 Å². The summed E-state index contributed by atoms with van der Waals surface area (Å²) < 4.78 is 10.4. The van der Waals surface area contributed by atoms with E-state index in [0.717, 1.165) is 24.6 Å². The molecule has 0 heterocycles. The first kappa shape index (κ1) is 25.0. The van der Waals surface area contributed by atoms with Crippen LogP contribution in [0.3, 0.4) is 0 Å². The van der Waals surface area contributed by atoms with Gasteiger partial charge in [-0.15, -0.1) is 0 Å². The molecule has 0 aliphatic heterocycles. The Bertz CT molecular complexity index is 1080. The van der Waals surface area contributed by atoms with Crippen molar-refractivity contribution in [3.63, 3.8) is 0 Å². The number of non-ortho nitro benzene ring substituents is 1. The third-order valence-electron chi connectivity index (χ3n) is 4.56. The summed E-state index contributed by atoms with van der Waals surface area (Å²) in [6.07, 6.45) is 0.555. The Morgan fingerprint density at radius 1 is 0.879 bits per heavy atom. The Hall–Kier alpha value is -4.28. The normalized spacial score (nSPS) is 11.3. The number of carbonyl (C=O) groups is 4. The van der Waals surface area contributed by atoms with Crippen LogP contribution in [-0.4, -0.2) is 45.3 Å². The quantitative estimate of drug-likeness (QED) is 0.165. The van der Waals surface area contributed by atoms with Gasteiger partial charge in [0.25, 0.3) is 5.69 Å². The molecule has 174 valence electrons. The predicted octanol–water partition coefficient (Wildman–Crippen LogP) is 3.91. The van der Waals surface area contributed by atoms with Crippen molar-refractivity contribution in [1.82, 2.24) is 0 Å². The lowest BCUT2D eigenvalue weighted by Crippen LogP contribution is -2.26. The lowest BCUT2D eigenvalue weighted by Gasteiger charge is -2.19. The number of carboxylic acids is 2. The van der Waals surface area contributed by atoms with Crippen molar-refractivity contribution in [1.29, 1.82) is 0 Å². The molecule has 0 saturated carbocycles. The Morgan fingerprint density at radius 3 is 1.97 bits per heavy atom. The zero-order valence-corrected chi connectivity index (χ0v) is 17.6. The van der Waals surface area contributed by atoms with Gasteiger partial charge in [0.2, 0.25) is 6.29 Å². The van der Waals surface area contributed by atoms with Gasteiger partial charge in [-0.2, -0.15) is 0 Å². The van der Waals surface area contributed by atoms with Crippen molar-refractivity contribution in [2.45, 2.75) is 38.9 Å². The third kappa shape index (κ3) is 6.60. The standard InChI is InChI=1S/C22H21NO10/c1-2-3-4-9-18(32-21(28)16-8-6-5-7-14(16)19(24)25)33-22(29)17-12-13(23(30)31)10-11-15(17)20(26)27/h5-8,10-12,18H,2-4,9H2,1H3,(H,24,25)(H,26,27). The summed E-state index contributed by atoms with van der Waals surface area (Å²) >= 11 is 0. The molecule has 0 spiro atoms. The fourth-order valence-electron chi connectivity index (χ4n) is 2.92. The van der Waals surface area contributed by atoms with Gasteiger partial charge in [0, 0.05) is 18.6 Å². The van der Waals surface area contributed by atoms with Crippen LogP contribution in [0.1, 0.15) is 74.0 Å². The highest BCUT2D eigenvalue weighted by atomic mass is 16.7. The predicted molar refractivity (Wildman–Crippen MR) is 112 cm³/mol. The molecular weight excluding hydrogens is 438 g/mol. The molecule has 1 unspecified atom stereocenters. The van der Waals surface area contributed by atoms with Crippen LogP contribution < -0.4 is 0 Å². The number of esters is 2. The number of hydrogen-bond donors (Lipinski definition) is 2. The van der Waals surface area contributed by atoms with Crippen LogP contribution in [0.4, 0.5) is 5.69 Å². The average molecular weight is 459 g/mol. The van der Waals surface area contributed by atoms with Gasteiger partial charge < -0.3 is 19.7 Å². The van der Waals surface area contributed by atoms with Crippen molar-refractivity contribution < 1.29 is 43.8 Å². The first-order valence-electron chi connectivity index (χ1n) is 9.91. The Kier molecular flexibility index (Phi) is 8.61. The second kappa shape index (κ2) is 11.4. The Labute approximate surface area is 187 Å². The highest BCUT2D eigenvalue weighted by Crippen LogP contribution is 2.22. The monoisotopic (exact) mass is 459 g/mol. The van der Waals surface area contributed by atoms with Gasteiger partial charge in [-0.25, -0.2) is 19.2 Å².